The Labute approximate surface area is 166 Å². The number of nitrogens with zero attached hydrogens (tertiary/aromatic N) is 5. The van der Waals surface area contributed by atoms with Crippen LogP contribution in [-0.4, -0.2) is 56.6 Å². The third-order valence-corrected chi connectivity index (χ3v) is 4.91. The van der Waals surface area contributed by atoms with E-state index in [1.807, 2.05) is 6.07 Å². The number of hydrogen-bond donors (Lipinski definition) is 0. The maximum Gasteiger partial charge on any atom is 0.319 e. The van der Waals surface area contributed by atoms with Crippen LogP contribution in [0.3, 0.4) is 0 Å². The molecule has 0 atom stereocenters. The van der Waals surface area contributed by atoms with Gasteiger partial charge in [0.2, 0.25) is 11.8 Å². The number of carbonyl (C=O) groups excluding carboxylic acids is 1. The van der Waals surface area contributed by atoms with E-state index >= 15 is 0 Å². The van der Waals surface area contributed by atoms with Crippen molar-refractivity contribution in [2.24, 2.45) is 0 Å². The molecule has 1 aromatic carbocycles. The number of aromatic nitrogens is 4. The van der Waals surface area contributed by atoms with E-state index in [9.17, 15) is 9.59 Å². The Morgan fingerprint density at radius 2 is 1.97 bits per heavy atom. The Bertz CT molecular complexity index is 1080. The topological polar surface area (TPSA) is 99.4 Å². The van der Waals surface area contributed by atoms with E-state index in [4.69, 9.17) is 9.47 Å². The average molecular weight is 395 g/mol. The Morgan fingerprint density at radius 3 is 2.76 bits per heavy atom. The van der Waals surface area contributed by atoms with Gasteiger partial charge < -0.3 is 14.4 Å². The summed E-state index contributed by atoms with van der Waals surface area (Å²) in [5.74, 6) is 0.349. The molecular weight excluding hydrogens is 374 g/mol. The number of piperidine rings is 1. The van der Waals surface area contributed by atoms with Gasteiger partial charge in [-0.3, -0.25) is 14.2 Å². The largest absolute Gasteiger partial charge is 0.474 e. The van der Waals surface area contributed by atoms with Crippen LogP contribution >= 0.6 is 0 Å². The molecule has 0 spiro atoms. The molecule has 1 aliphatic heterocycles. The molecule has 0 aliphatic carbocycles. The molecule has 3 aromatic rings. The quantitative estimate of drug-likeness (QED) is 0.641. The van der Waals surface area contributed by atoms with E-state index in [0.717, 1.165) is 0 Å². The van der Waals surface area contributed by atoms with Crippen LogP contribution in [0.4, 0.5) is 0 Å². The van der Waals surface area contributed by atoms with E-state index in [2.05, 4.69) is 15.0 Å². The van der Waals surface area contributed by atoms with Crippen molar-refractivity contribution in [1.29, 1.82) is 0 Å². The maximum atomic E-state index is 12.7. The molecule has 29 heavy (non-hydrogen) atoms. The first-order valence-corrected chi connectivity index (χ1v) is 9.39. The van der Waals surface area contributed by atoms with Crippen molar-refractivity contribution in [3.8, 4) is 11.9 Å². The Hall–Kier alpha value is -3.49. The number of amides is 1. The van der Waals surface area contributed by atoms with E-state index in [0.29, 0.717) is 42.7 Å². The second-order valence-corrected chi connectivity index (χ2v) is 6.77. The van der Waals surface area contributed by atoms with E-state index in [1.54, 1.807) is 35.4 Å². The molecule has 1 fully saturated rings. The van der Waals surface area contributed by atoms with Gasteiger partial charge in [0.15, 0.2) is 0 Å². The zero-order valence-electron chi connectivity index (χ0n) is 16.0. The van der Waals surface area contributed by atoms with Crippen molar-refractivity contribution in [3.05, 3.63) is 53.2 Å². The SMILES string of the molecule is COc1nccc(OC2CCN(C(=O)Cn3cnc4ccccc4c3=O)CC2)n1. The number of rotatable bonds is 5. The molecule has 1 amide bonds. The molecule has 2 aromatic heterocycles. The van der Waals surface area contributed by atoms with E-state index in [-0.39, 0.29) is 30.1 Å². The predicted octanol–water partition coefficient (Wildman–Crippen LogP) is 1.27. The third kappa shape index (κ3) is 4.18. The van der Waals surface area contributed by atoms with Crippen molar-refractivity contribution in [2.75, 3.05) is 20.2 Å². The number of methoxy groups -OCH3 is 1. The molecule has 0 bridgehead atoms. The lowest BCUT2D eigenvalue weighted by Gasteiger charge is -2.32. The highest BCUT2D eigenvalue weighted by atomic mass is 16.5. The molecule has 150 valence electrons. The summed E-state index contributed by atoms with van der Waals surface area (Å²) < 4.78 is 12.2. The van der Waals surface area contributed by atoms with Crippen LogP contribution in [0.25, 0.3) is 10.9 Å². The minimum atomic E-state index is -0.208. The molecule has 9 nitrogen and oxygen atoms in total. The Balaban J connectivity index is 1.35. The number of ether oxygens (including phenoxy) is 2. The average Bonchev–Trinajstić information content (AvgIpc) is 2.76. The standard InChI is InChI=1S/C20H21N5O4/c1-28-20-21-9-6-17(23-20)29-14-7-10-24(11-8-14)18(26)12-25-13-22-16-5-3-2-4-15(16)19(25)27/h2-6,9,13-14H,7-8,10-12H2,1H3. The van der Waals surface area contributed by atoms with Gasteiger partial charge in [-0.05, 0) is 12.1 Å². The summed E-state index contributed by atoms with van der Waals surface area (Å²) in [4.78, 5) is 39.3. The molecule has 9 heteroatoms. The van der Waals surface area contributed by atoms with Crippen molar-refractivity contribution in [3.63, 3.8) is 0 Å². The Kier molecular flexibility index (Phi) is 5.37. The Morgan fingerprint density at radius 1 is 1.17 bits per heavy atom. The number of carbonyl (C=O) groups is 1. The fourth-order valence-electron chi connectivity index (χ4n) is 3.35. The second kappa shape index (κ2) is 8.26. The van der Waals surface area contributed by atoms with Crippen molar-refractivity contribution < 1.29 is 14.3 Å². The van der Waals surface area contributed by atoms with Crippen LogP contribution < -0.4 is 15.0 Å². The van der Waals surface area contributed by atoms with Crippen LogP contribution in [0.1, 0.15) is 12.8 Å². The van der Waals surface area contributed by atoms with E-state index < -0.39 is 0 Å². The first-order chi connectivity index (χ1) is 14.1. The molecule has 0 saturated carbocycles. The highest BCUT2D eigenvalue weighted by Crippen LogP contribution is 2.18. The summed E-state index contributed by atoms with van der Waals surface area (Å²) in [5, 5.41) is 0.509. The van der Waals surface area contributed by atoms with Crippen LogP contribution in [0, 0.1) is 0 Å². The highest BCUT2D eigenvalue weighted by molar-refractivity contribution is 5.79. The minimum Gasteiger partial charge on any atom is -0.474 e. The van der Waals surface area contributed by atoms with Crippen molar-refractivity contribution >= 4 is 16.8 Å². The first kappa shape index (κ1) is 18.9. The number of fused-ring (bicyclic) bond motifs is 1. The molecule has 4 rings (SSSR count). The first-order valence-electron chi connectivity index (χ1n) is 9.39. The lowest BCUT2D eigenvalue weighted by molar-refractivity contribution is -0.133. The van der Waals surface area contributed by atoms with Crippen LogP contribution in [0.15, 0.2) is 47.7 Å². The summed E-state index contributed by atoms with van der Waals surface area (Å²) in [6, 6.07) is 9.05. The van der Waals surface area contributed by atoms with Gasteiger partial charge in [0.05, 0.1) is 24.3 Å². The molecule has 0 radical (unpaired) electrons. The summed E-state index contributed by atoms with van der Waals surface area (Å²) in [6.45, 7) is 1.09. The van der Waals surface area contributed by atoms with Gasteiger partial charge >= 0.3 is 6.01 Å². The predicted molar refractivity (Wildman–Crippen MR) is 105 cm³/mol. The van der Waals surface area contributed by atoms with Gasteiger partial charge in [0.25, 0.3) is 5.56 Å². The maximum absolute atomic E-state index is 12.7. The van der Waals surface area contributed by atoms with Gasteiger partial charge in [-0.25, -0.2) is 9.97 Å². The summed E-state index contributed by atoms with van der Waals surface area (Å²) in [7, 11) is 1.50. The van der Waals surface area contributed by atoms with Crippen LogP contribution in [0.5, 0.6) is 11.9 Å². The summed E-state index contributed by atoms with van der Waals surface area (Å²) in [6.07, 6.45) is 4.34. The third-order valence-electron chi connectivity index (χ3n) is 4.91. The number of para-hydroxylation sites is 1. The second-order valence-electron chi connectivity index (χ2n) is 6.77. The lowest BCUT2D eigenvalue weighted by atomic mass is 10.1. The zero-order valence-corrected chi connectivity index (χ0v) is 16.0. The van der Waals surface area contributed by atoms with Crippen molar-refractivity contribution in [1.82, 2.24) is 24.4 Å². The number of benzene rings is 1. The smallest absolute Gasteiger partial charge is 0.319 e. The summed E-state index contributed by atoms with van der Waals surface area (Å²) in [5.41, 5.74) is 0.417. The van der Waals surface area contributed by atoms with E-state index in [1.165, 1.54) is 18.0 Å². The van der Waals surface area contributed by atoms with Crippen molar-refractivity contribution in [2.45, 2.75) is 25.5 Å². The molecule has 3 heterocycles. The minimum absolute atomic E-state index is 0.0225. The molecule has 0 unspecified atom stereocenters. The zero-order chi connectivity index (χ0) is 20.2. The van der Waals surface area contributed by atoms with Gasteiger partial charge in [-0.2, -0.15) is 4.98 Å². The number of likely N-dealkylation sites (tertiary alicyclic amines) is 1. The molecule has 1 aliphatic rings. The fourth-order valence-corrected chi connectivity index (χ4v) is 3.35. The van der Waals surface area contributed by atoms with Crippen LogP contribution in [0.2, 0.25) is 0 Å². The van der Waals surface area contributed by atoms with Crippen LogP contribution in [-0.2, 0) is 11.3 Å². The molecule has 0 N–H and O–H groups in total. The van der Waals surface area contributed by atoms with Gasteiger partial charge in [0, 0.05) is 38.2 Å². The van der Waals surface area contributed by atoms with Gasteiger partial charge in [-0.1, -0.05) is 12.1 Å². The number of hydrogen-bond acceptors (Lipinski definition) is 7. The summed E-state index contributed by atoms with van der Waals surface area (Å²) >= 11 is 0. The van der Waals surface area contributed by atoms with Gasteiger partial charge in [0.1, 0.15) is 12.6 Å². The highest BCUT2D eigenvalue weighted by Gasteiger charge is 2.24. The fraction of sp³-hybridized carbons (Fsp3) is 0.350. The molecular formula is C20H21N5O4. The van der Waals surface area contributed by atoms with Gasteiger partial charge in [-0.15, -0.1) is 0 Å². The normalized spacial score (nSPS) is 14.7. The monoisotopic (exact) mass is 395 g/mol. The molecule has 1 saturated heterocycles. The lowest BCUT2D eigenvalue weighted by Crippen LogP contribution is -2.44.